The first-order valence-electron chi connectivity index (χ1n) is 10.9. The summed E-state index contributed by atoms with van der Waals surface area (Å²) in [7, 11) is 0. The molecule has 172 valence electrons. The maximum absolute atomic E-state index is 12.0. The molecule has 4 rings (SSSR count). The Morgan fingerprint density at radius 3 is 2.42 bits per heavy atom. The first kappa shape index (κ1) is 22.2. The van der Waals surface area contributed by atoms with E-state index in [4.69, 9.17) is 20.3 Å². The number of benzene rings is 2. The predicted octanol–water partition coefficient (Wildman–Crippen LogP) is 4.02. The summed E-state index contributed by atoms with van der Waals surface area (Å²) in [4.78, 5) is 13.7. The minimum atomic E-state index is -0.301. The molecule has 0 radical (unpaired) electrons. The molecule has 0 spiro atoms. The van der Waals surface area contributed by atoms with E-state index in [9.17, 15) is 9.90 Å². The molecule has 1 fully saturated rings. The topological polar surface area (TPSA) is 131 Å². The number of para-hydroxylation sites is 2. The van der Waals surface area contributed by atoms with Gasteiger partial charge in [0.05, 0.1) is 23.9 Å². The quantitative estimate of drug-likeness (QED) is 0.206. The van der Waals surface area contributed by atoms with Gasteiger partial charge >= 0.3 is 5.97 Å². The van der Waals surface area contributed by atoms with E-state index in [1.807, 2.05) is 24.3 Å². The second-order valence-corrected chi connectivity index (χ2v) is 7.86. The van der Waals surface area contributed by atoms with Crippen LogP contribution in [0, 0.1) is 16.7 Å². The summed E-state index contributed by atoms with van der Waals surface area (Å²) in [6, 6.07) is 14.3. The summed E-state index contributed by atoms with van der Waals surface area (Å²) in [6.45, 7) is 3.02. The molecule has 0 bridgehead atoms. The smallest absolute Gasteiger partial charge is 0.310 e. The van der Waals surface area contributed by atoms with Crippen molar-refractivity contribution < 1.29 is 19.4 Å². The average molecular weight is 450 g/mol. The van der Waals surface area contributed by atoms with Gasteiger partial charge < -0.3 is 30.1 Å². The number of nitrogens with one attached hydrogen (secondary N) is 4. The van der Waals surface area contributed by atoms with Crippen molar-refractivity contribution in [1.82, 2.24) is 4.90 Å². The number of nitrogens with zero attached hydrogens (tertiary/aromatic N) is 1. The van der Waals surface area contributed by atoms with E-state index in [0.29, 0.717) is 43.3 Å². The fourth-order valence-corrected chi connectivity index (χ4v) is 3.89. The third kappa shape index (κ3) is 4.92. The lowest BCUT2D eigenvalue weighted by Gasteiger charge is -2.32. The first-order chi connectivity index (χ1) is 16.0. The van der Waals surface area contributed by atoms with Gasteiger partial charge in [-0.2, -0.15) is 0 Å². The second kappa shape index (κ2) is 9.64. The van der Waals surface area contributed by atoms with Crippen LogP contribution in [0.5, 0.6) is 5.75 Å². The van der Waals surface area contributed by atoms with Crippen LogP contribution in [0.1, 0.15) is 25.3 Å². The molecule has 1 saturated heterocycles. The van der Waals surface area contributed by atoms with Gasteiger partial charge in [-0.15, -0.1) is 0 Å². The fraction of sp³-hybridized carbons (Fsp3) is 0.292. The molecule has 5 N–H and O–H groups in total. The Morgan fingerprint density at radius 1 is 1.12 bits per heavy atom. The number of esters is 1. The van der Waals surface area contributed by atoms with Crippen LogP contribution < -0.4 is 15.4 Å². The van der Waals surface area contributed by atoms with Crippen molar-refractivity contribution in [2.75, 3.05) is 30.3 Å². The fourth-order valence-electron chi connectivity index (χ4n) is 3.89. The molecule has 0 saturated carbocycles. The number of aliphatic hydroxyl groups is 1. The van der Waals surface area contributed by atoms with E-state index < -0.39 is 0 Å². The van der Waals surface area contributed by atoms with Gasteiger partial charge in [0.25, 0.3) is 5.90 Å². The van der Waals surface area contributed by atoms with Crippen LogP contribution in [0.3, 0.4) is 0 Å². The summed E-state index contributed by atoms with van der Waals surface area (Å²) in [5.74, 6) is -0.0209. The minimum Gasteiger partial charge on any atom is -0.504 e. The van der Waals surface area contributed by atoms with Crippen LogP contribution in [-0.4, -0.2) is 47.4 Å². The summed E-state index contributed by atoms with van der Waals surface area (Å²) in [5, 5.41) is 33.4. The molecule has 9 heteroatoms. The maximum atomic E-state index is 12.0. The number of likely N-dealkylation sites (tertiary alicyclic amines) is 1. The highest BCUT2D eigenvalue weighted by Gasteiger charge is 2.29. The minimum absolute atomic E-state index is 0.0545. The number of amidine groups is 1. The number of aliphatic hydroxyl groups excluding tert-OH is 1. The molecule has 0 unspecified atom stereocenters. The third-order valence-electron chi connectivity index (χ3n) is 5.60. The molecule has 0 amide bonds. The van der Waals surface area contributed by atoms with Crippen LogP contribution in [0.15, 0.2) is 54.4 Å². The second-order valence-electron chi connectivity index (χ2n) is 7.86. The number of piperidine rings is 1. The number of carbonyl (C=O) groups excluding carboxylic acids is 1. The van der Waals surface area contributed by atoms with E-state index in [1.54, 1.807) is 36.1 Å². The Hall–Kier alpha value is -4.01. The highest BCUT2D eigenvalue weighted by molar-refractivity contribution is 6.35. The van der Waals surface area contributed by atoms with E-state index in [2.05, 4.69) is 10.6 Å². The number of rotatable bonds is 4. The number of ether oxygens (including phenoxy) is 2. The van der Waals surface area contributed by atoms with Gasteiger partial charge in [-0.3, -0.25) is 15.6 Å². The van der Waals surface area contributed by atoms with Crippen molar-refractivity contribution in [3.05, 3.63) is 59.9 Å². The molecule has 0 aliphatic carbocycles. The van der Waals surface area contributed by atoms with Crippen molar-refractivity contribution in [3.63, 3.8) is 0 Å². The van der Waals surface area contributed by atoms with Crippen molar-refractivity contribution in [2.45, 2.75) is 19.8 Å². The summed E-state index contributed by atoms with van der Waals surface area (Å²) < 4.78 is 10.7. The molecule has 0 aromatic heterocycles. The largest absolute Gasteiger partial charge is 0.504 e. The van der Waals surface area contributed by atoms with Crippen molar-refractivity contribution in [2.24, 2.45) is 5.92 Å². The highest BCUT2D eigenvalue weighted by atomic mass is 16.5. The Bertz CT molecular complexity index is 1070. The number of fused-ring (bicyclic) bond motifs is 1. The number of hydrogen-bond donors (Lipinski definition) is 5. The Kier molecular flexibility index (Phi) is 6.48. The van der Waals surface area contributed by atoms with Crippen molar-refractivity contribution in [3.8, 4) is 5.75 Å². The Labute approximate surface area is 192 Å². The molecular weight excluding hydrogens is 422 g/mol. The molecule has 2 aromatic carbocycles. The zero-order chi connectivity index (χ0) is 23.4. The lowest BCUT2D eigenvalue weighted by Crippen LogP contribution is -2.46. The molecule has 2 heterocycles. The van der Waals surface area contributed by atoms with Crippen LogP contribution in [-0.2, 0) is 9.53 Å². The average Bonchev–Trinajstić information content (AvgIpc) is 3.28. The van der Waals surface area contributed by atoms with Gasteiger partial charge in [-0.05, 0) is 56.2 Å². The SMILES string of the molecule is CCOC(=O)[C@H]1CCCN(C(=N)C(=N)Oc2ccc(C(O)=C3Nc4ccccc4N3)cc2)C1. The standard InChI is InChI=1S/C24H27N5O4/c1-2-32-24(31)16-6-5-13-29(14-16)21(25)22(26)33-17-11-9-15(10-12-17)20(30)23-27-18-7-3-4-8-19(18)28-23/h3-4,7-12,16,25-28,30H,2,5-6,13-14H2,1H3/t16-/m0/s1. The van der Waals surface area contributed by atoms with Gasteiger partial charge in [0, 0.05) is 18.7 Å². The summed E-state index contributed by atoms with van der Waals surface area (Å²) >= 11 is 0. The van der Waals surface area contributed by atoms with E-state index in [1.165, 1.54) is 0 Å². The molecule has 2 aromatic rings. The number of anilines is 2. The van der Waals surface area contributed by atoms with Gasteiger partial charge in [0.15, 0.2) is 17.4 Å². The van der Waals surface area contributed by atoms with E-state index >= 15 is 0 Å². The van der Waals surface area contributed by atoms with Gasteiger partial charge in [-0.25, -0.2) is 0 Å². The Morgan fingerprint density at radius 2 is 1.79 bits per heavy atom. The normalized spacial score (nSPS) is 16.8. The molecule has 2 aliphatic rings. The molecule has 1 atom stereocenters. The number of hydrogen-bond acceptors (Lipinski definition) is 8. The molecule has 2 aliphatic heterocycles. The molecular formula is C24H27N5O4. The molecule has 33 heavy (non-hydrogen) atoms. The third-order valence-corrected chi connectivity index (χ3v) is 5.60. The Balaban J connectivity index is 1.37. The first-order valence-corrected chi connectivity index (χ1v) is 10.9. The van der Waals surface area contributed by atoms with Crippen LogP contribution >= 0.6 is 0 Å². The lowest BCUT2D eigenvalue weighted by atomic mass is 9.98. The summed E-state index contributed by atoms with van der Waals surface area (Å²) in [6.07, 6.45) is 1.46. The van der Waals surface area contributed by atoms with E-state index in [0.717, 1.165) is 17.8 Å². The van der Waals surface area contributed by atoms with Gasteiger partial charge in [0.2, 0.25) is 0 Å². The van der Waals surface area contributed by atoms with Crippen LogP contribution in [0.4, 0.5) is 11.4 Å². The van der Waals surface area contributed by atoms with Crippen LogP contribution in [0.25, 0.3) is 5.76 Å². The zero-order valence-electron chi connectivity index (χ0n) is 18.4. The van der Waals surface area contributed by atoms with Crippen molar-refractivity contribution in [1.29, 1.82) is 10.8 Å². The van der Waals surface area contributed by atoms with Gasteiger partial charge in [0.1, 0.15) is 5.75 Å². The zero-order valence-corrected chi connectivity index (χ0v) is 18.4. The summed E-state index contributed by atoms with van der Waals surface area (Å²) in [5.41, 5.74) is 2.34. The van der Waals surface area contributed by atoms with Crippen LogP contribution in [0.2, 0.25) is 0 Å². The highest BCUT2D eigenvalue weighted by Crippen LogP contribution is 2.32. The van der Waals surface area contributed by atoms with Crippen molar-refractivity contribution >= 4 is 34.8 Å². The molecule has 9 nitrogen and oxygen atoms in total. The maximum Gasteiger partial charge on any atom is 0.310 e. The number of carbonyl (C=O) groups is 1. The van der Waals surface area contributed by atoms with E-state index in [-0.39, 0.29) is 29.4 Å². The predicted molar refractivity (Wildman–Crippen MR) is 127 cm³/mol. The lowest BCUT2D eigenvalue weighted by molar-refractivity contribution is -0.149. The monoisotopic (exact) mass is 449 g/mol. The van der Waals surface area contributed by atoms with Gasteiger partial charge in [-0.1, -0.05) is 12.1 Å².